The maximum Gasteiger partial charge on any atom is 0.431 e. The Labute approximate surface area is 115 Å². The number of rotatable bonds is 2. The third-order valence-electron chi connectivity index (χ3n) is 2.59. The van der Waals surface area contributed by atoms with Crippen molar-refractivity contribution in [2.45, 2.75) is 12.7 Å². The molecule has 0 aliphatic rings. The van der Waals surface area contributed by atoms with Gasteiger partial charge in [-0.1, -0.05) is 34.1 Å². The van der Waals surface area contributed by atoms with Gasteiger partial charge in [-0.25, -0.2) is 0 Å². The highest BCUT2D eigenvalue weighted by Crippen LogP contribution is 2.28. The zero-order valence-electron chi connectivity index (χ0n) is 9.62. The summed E-state index contributed by atoms with van der Waals surface area (Å²) in [6, 6.07) is 9.91. The zero-order valence-corrected chi connectivity index (χ0v) is 11.2. The van der Waals surface area contributed by atoms with Gasteiger partial charge in [-0.05, 0) is 23.8 Å². The third-order valence-corrected chi connectivity index (χ3v) is 3.12. The number of hydrogen-bond donors (Lipinski definition) is 0. The van der Waals surface area contributed by atoms with Crippen LogP contribution in [-0.2, 0) is 12.7 Å². The minimum atomic E-state index is -4.55. The van der Waals surface area contributed by atoms with E-state index in [1.165, 1.54) is 0 Å². The standard InChI is InChI=1S/C13H9BrF3NO/c14-10-6-4-9(5-7-10)8-18-11(13(15,16)17)2-1-3-12(18)19/h1-7H,8H2. The molecule has 0 aliphatic heterocycles. The Bertz CT molecular complexity index is 632. The first-order chi connectivity index (χ1) is 8.88. The Hall–Kier alpha value is -1.56. The van der Waals surface area contributed by atoms with Crippen LogP contribution in [0.2, 0.25) is 0 Å². The van der Waals surface area contributed by atoms with Crippen LogP contribution in [0.15, 0.2) is 51.7 Å². The van der Waals surface area contributed by atoms with E-state index in [0.717, 1.165) is 27.2 Å². The van der Waals surface area contributed by atoms with Gasteiger partial charge in [0.2, 0.25) is 0 Å². The number of halogens is 4. The number of alkyl halides is 3. The number of benzene rings is 1. The number of nitrogens with zero attached hydrogens (tertiary/aromatic N) is 1. The normalized spacial score (nSPS) is 11.6. The Morgan fingerprint density at radius 1 is 1.05 bits per heavy atom. The van der Waals surface area contributed by atoms with E-state index in [4.69, 9.17) is 0 Å². The molecule has 0 fully saturated rings. The van der Waals surface area contributed by atoms with Crippen molar-refractivity contribution in [1.29, 1.82) is 0 Å². The molecule has 2 nitrogen and oxygen atoms in total. The van der Waals surface area contributed by atoms with E-state index in [9.17, 15) is 18.0 Å². The molecule has 0 N–H and O–H groups in total. The second kappa shape index (κ2) is 5.21. The van der Waals surface area contributed by atoms with E-state index >= 15 is 0 Å². The van der Waals surface area contributed by atoms with E-state index in [1.54, 1.807) is 24.3 Å². The van der Waals surface area contributed by atoms with Gasteiger partial charge in [0.25, 0.3) is 5.56 Å². The highest BCUT2D eigenvalue weighted by Gasteiger charge is 2.34. The molecule has 19 heavy (non-hydrogen) atoms. The maximum absolute atomic E-state index is 12.8. The molecular weight excluding hydrogens is 323 g/mol. The fourth-order valence-electron chi connectivity index (χ4n) is 1.70. The second-order valence-electron chi connectivity index (χ2n) is 3.96. The first kappa shape index (κ1) is 13.9. The lowest BCUT2D eigenvalue weighted by Gasteiger charge is -2.14. The van der Waals surface area contributed by atoms with E-state index in [1.807, 2.05) is 0 Å². The van der Waals surface area contributed by atoms with Crippen LogP contribution in [0.3, 0.4) is 0 Å². The molecule has 1 heterocycles. The van der Waals surface area contributed by atoms with Crippen molar-refractivity contribution < 1.29 is 13.2 Å². The molecule has 0 amide bonds. The molecule has 1 aromatic heterocycles. The maximum atomic E-state index is 12.8. The zero-order chi connectivity index (χ0) is 14.0. The topological polar surface area (TPSA) is 22.0 Å². The SMILES string of the molecule is O=c1cccc(C(F)(F)F)n1Cc1ccc(Br)cc1. The molecule has 0 radical (unpaired) electrons. The smallest absolute Gasteiger partial charge is 0.300 e. The summed E-state index contributed by atoms with van der Waals surface area (Å²) in [6.45, 7) is -0.109. The highest BCUT2D eigenvalue weighted by molar-refractivity contribution is 9.10. The van der Waals surface area contributed by atoms with Gasteiger partial charge in [0, 0.05) is 10.5 Å². The van der Waals surface area contributed by atoms with Gasteiger partial charge < -0.3 is 0 Å². The van der Waals surface area contributed by atoms with Crippen LogP contribution >= 0.6 is 15.9 Å². The monoisotopic (exact) mass is 331 g/mol. The van der Waals surface area contributed by atoms with Gasteiger partial charge >= 0.3 is 6.18 Å². The lowest BCUT2D eigenvalue weighted by molar-refractivity contribution is -0.144. The lowest BCUT2D eigenvalue weighted by Crippen LogP contribution is -2.27. The van der Waals surface area contributed by atoms with Crippen LogP contribution < -0.4 is 5.56 Å². The molecule has 0 bridgehead atoms. The van der Waals surface area contributed by atoms with Crippen molar-refractivity contribution in [3.63, 3.8) is 0 Å². The van der Waals surface area contributed by atoms with Gasteiger partial charge in [-0.3, -0.25) is 9.36 Å². The molecule has 2 aromatic rings. The minimum Gasteiger partial charge on any atom is -0.300 e. The van der Waals surface area contributed by atoms with Crippen molar-refractivity contribution in [3.05, 3.63) is 68.5 Å². The molecule has 0 saturated heterocycles. The highest BCUT2D eigenvalue weighted by atomic mass is 79.9. The lowest BCUT2D eigenvalue weighted by atomic mass is 10.2. The number of aromatic nitrogens is 1. The first-order valence-electron chi connectivity index (χ1n) is 5.39. The van der Waals surface area contributed by atoms with Crippen molar-refractivity contribution in [2.24, 2.45) is 0 Å². The van der Waals surface area contributed by atoms with Gasteiger partial charge in [0.1, 0.15) is 5.69 Å². The van der Waals surface area contributed by atoms with Crippen molar-refractivity contribution in [3.8, 4) is 0 Å². The molecule has 1 aromatic carbocycles. The molecule has 0 atom stereocenters. The molecule has 0 unspecified atom stereocenters. The molecule has 6 heteroatoms. The van der Waals surface area contributed by atoms with Crippen molar-refractivity contribution >= 4 is 15.9 Å². The summed E-state index contributed by atoms with van der Waals surface area (Å²) in [5.74, 6) is 0. The van der Waals surface area contributed by atoms with Gasteiger partial charge in [-0.15, -0.1) is 0 Å². The van der Waals surface area contributed by atoms with Crippen LogP contribution in [0, 0.1) is 0 Å². The van der Waals surface area contributed by atoms with Crippen molar-refractivity contribution in [2.75, 3.05) is 0 Å². The Balaban J connectivity index is 2.45. The van der Waals surface area contributed by atoms with E-state index in [0.29, 0.717) is 5.56 Å². The Morgan fingerprint density at radius 2 is 1.68 bits per heavy atom. The Morgan fingerprint density at radius 3 is 2.26 bits per heavy atom. The summed E-state index contributed by atoms with van der Waals surface area (Å²) in [6.07, 6.45) is -4.55. The molecule has 100 valence electrons. The summed E-state index contributed by atoms with van der Waals surface area (Å²) in [4.78, 5) is 11.6. The third kappa shape index (κ3) is 3.26. The molecule has 0 saturated carbocycles. The van der Waals surface area contributed by atoms with Crippen LogP contribution in [0.1, 0.15) is 11.3 Å². The molecule has 0 spiro atoms. The van der Waals surface area contributed by atoms with Crippen LogP contribution in [0.25, 0.3) is 0 Å². The second-order valence-corrected chi connectivity index (χ2v) is 4.88. The van der Waals surface area contributed by atoms with Crippen LogP contribution in [-0.4, -0.2) is 4.57 Å². The van der Waals surface area contributed by atoms with Crippen LogP contribution in [0.4, 0.5) is 13.2 Å². The van der Waals surface area contributed by atoms with E-state index in [-0.39, 0.29) is 6.54 Å². The number of hydrogen-bond acceptors (Lipinski definition) is 1. The largest absolute Gasteiger partial charge is 0.431 e. The summed E-state index contributed by atoms with van der Waals surface area (Å²) in [5, 5.41) is 0. The average Bonchev–Trinajstić information content (AvgIpc) is 2.33. The van der Waals surface area contributed by atoms with Crippen molar-refractivity contribution in [1.82, 2.24) is 4.57 Å². The quantitative estimate of drug-likeness (QED) is 0.822. The molecular formula is C13H9BrF3NO. The Kier molecular flexibility index (Phi) is 3.80. The predicted molar refractivity (Wildman–Crippen MR) is 68.9 cm³/mol. The van der Waals surface area contributed by atoms with Crippen LogP contribution in [0.5, 0.6) is 0 Å². The van der Waals surface area contributed by atoms with Gasteiger partial charge in [-0.2, -0.15) is 13.2 Å². The summed E-state index contributed by atoms with van der Waals surface area (Å²) >= 11 is 3.24. The molecule has 0 aliphatic carbocycles. The molecule has 2 rings (SSSR count). The number of pyridine rings is 1. The average molecular weight is 332 g/mol. The fourth-order valence-corrected chi connectivity index (χ4v) is 1.97. The van der Waals surface area contributed by atoms with E-state index < -0.39 is 17.4 Å². The predicted octanol–water partition coefficient (Wildman–Crippen LogP) is 3.68. The van der Waals surface area contributed by atoms with Gasteiger partial charge in [0.15, 0.2) is 0 Å². The van der Waals surface area contributed by atoms with E-state index in [2.05, 4.69) is 15.9 Å². The summed E-state index contributed by atoms with van der Waals surface area (Å²) in [7, 11) is 0. The summed E-state index contributed by atoms with van der Waals surface area (Å²) in [5.41, 5.74) is -0.984. The van der Waals surface area contributed by atoms with Gasteiger partial charge in [0.05, 0.1) is 6.54 Å². The summed E-state index contributed by atoms with van der Waals surface area (Å²) < 4.78 is 40.0. The minimum absolute atomic E-state index is 0.109. The fraction of sp³-hybridized carbons (Fsp3) is 0.154. The first-order valence-corrected chi connectivity index (χ1v) is 6.19.